The highest BCUT2D eigenvalue weighted by atomic mass is 19.3. The number of nitrogens with zero attached hydrogens (tertiary/aromatic N) is 2. The van der Waals surface area contributed by atoms with E-state index < -0.39 is 30.7 Å². The highest BCUT2D eigenvalue weighted by Gasteiger charge is 2.46. The quantitative estimate of drug-likeness (QED) is 0.388. The van der Waals surface area contributed by atoms with Crippen LogP contribution in [-0.2, 0) is 6.42 Å². The number of H-pyrrole nitrogens is 1. The smallest absolute Gasteiger partial charge is 0.283 e. The number of aromatic amines is 1. The SMILES string of the molecule is CC1(C)Cc2c([nH]c3ccccc23)C(c2ccc(NC3CN(CCCF)C3)cc2)N1CC(F)(F)CO. The molecule has 0 spiro atoms. The van der Waals surface area contributed by atoms with E-state index >= 15 is 0 Å². The van der Waals surface area contributed by atoms with Gasteiger partial charge in [-0.3, -0.25) is 14.2 Å². The zero-order chi connectivity index (χ0) is 25.5. The van der Waals surface area contributed by atoms with Crippen LogP contribution in [0.4, 0.5) is 18.9 Å². The molecule has 3 N–H and O–H groups in total. The maximum absolute atomic E-state index is 14.6. The summed E-state index contributed by atoms with van der Waals surface area (Å²) >= 11 is 0. The second-order valence-electron chi connectivity index (χ2n) is 10.9. The average molecular weight is 501 g/mol. The second kappa shape index (κ2) is 9.72. The van der Waals surface area contributed by atoms with Gasteiger partial charge in [0.2, 0.25) is 0 Å². The van der Waals surface area contributed by atoms with Gasteiger partial charge in [-0.1, -0.05) is 30.3 Å². The number of aliphatic hydroxyl groups excluding tert-OH is 1. The highest BCUT2D eigenvalue weighted by molar-refractivity contribution is 5.85. The monoisotopic (exact) mass is 500 g/mol. The predicted molar refractivity (Wildman–Crippen MR) is 138 cm³/mol. The number of halogens is 3. The Hall–Kier alpha value is -2.55. The minimum absolute atomic E-state index is 0.284. The lowest BCUT2D eigenvalue weighted by molar-refractivity contribution is -0.0999. The van der Waals surface area contributed by atoms with E-state index in [1.54, 1.807) is 0 Å². The van der Waals surface area contributed by atoms with Crippen molar-refractivity contribution in [3.8, 4) is 0 Å². The number of hydrogen-bond donors (Lipinski definition) is 3. The number of alkyl halides is 3. The van der Waals surface area contributed by atoms with Gasteiger partial charge in [-0.2, -0.15) is 0 Å². The number of para-hydroxylation sites is 1. The molecule has 3 aromatic rings. The van der Waals surface area contributed by atoms with Gasteiger partial charge in [0.1, 0.15) is 6.61 Å². The largest absolute Gasteiger partial charge is 0.390 e. The highest BCUT2D eigenvalue weighted by Crippen LogP contribution is 2.45. The fourth-order valence-corrected chi connectivity index (χ4v) is 5.76. The lowest BCUT2D eigenvalue weighted by Gasteiger charge is -2.48. The Morgan fingerprint density at radius 3 is 2.53 bits per heavy atom. The van der Waals surface area contributed by atoms with Crippen molar-refractivity contribution in [2.24, 2.45) is 0 Å². The van der Waals surface area contributed by atoms with Gasteiger partial charge in [-0.05, 0) is 56.0 Å². The molecular formula is C28H35F3N4O. The minimum atomic E-state index is -3.21. The molecule has 0 bridgehead atoms. The first kappa shape index (κ1) is 25.1. The first-order valence-corrected chi connectivity index (χ1v) is 12.7. The summed E-state index contributed by atoms with van der Waals surface area (Å²) in [4.78, 5) is 7.59. The van der Waals surface area contributed by atoms with Gasteiger partial charge in [0.25, 0.3) is 5.92 Å². The van der Waals surface area contributed by atoms with Crippen LogP contribution in [0.2, 0.25) is 0 Å². The van der Waals surface area contributed by atoms with E-state index in [1.165, 1.54) is 0 Å². The summed E-state index contributed by atoms with van der Waals surface area (Å²) in [6, 6.07) is 16.0. The Bertz CT molecular complexity index is 1190. The van der Waals surface area contributed by atoms with Crippen LogP contribution in [0.5, 0.6) is 0 Å². The molecule has 2 aliphatic heterocycles. The first-order valence-electron chi connectivity index (χ1n) is 12.7. The summed E-state index contributed by atoms with van der Waals surface area (Å²) in [7, 11) is 0. The molecule has 0 saturated carbocycles. The Morgan fingerprint density at radius 1 is 1.11 bits per heavy atom. The number of aromatic nitrogens is 1. The van der Waals surface area contributed by atoms with E-state index in [1.807, 2.05) is 61.2 Å². The molecule has 1 atom stereocenters. The number of likely N-dealkylation sites (tertiary alicyclic amines) is 1. The Labute approximate surface area is 210 Å². The van der Waals surface area contributed by atoms with Crippen LogP contribution in [0.3, 0.4) is 0 Å². The van der Waals surface area contributed by atoms with Crippen molar-refractivity contribution in [1.82, 2.24) is 14.8 Å². The number of aliphatic hydroxyl groups is 1. The van der Waals surface area contributed by atoms with Gasteiger partial charge in [0.15, 0.2) is 0 Å². The number of hydrogen-bond acceptors (Lipinski definition) is 4. The average Bonchev–Trinajstić information content (AvgIpc) is 3.18. The van der Waals surface area contributed by atoms with E-state index in [9.17, 15) is 18.3 Å². The van der Waals surface area contributed by atoms with Gasteiger partial charge in [-0.15, -0.1) is 0 Å². The topological polar surface area (TPSA) is 54.5 Å². The normalized spacial score (nSPS) is 20.9. The number of anilines is 1. The van der Waals surface area contributed by atoms with E-state index in [0.717, 1.165) is 53.0 Å². The van der Waals surface area contributed by atoms with Gasteiger partial charge >= 0.3 is 0 Å². The van der Waals surface area contributed by atoms with Crippen LogP contribution in [-0.4, -0.2) is 76.9 Å². The first-order chi connectivity index (χ1) is 17.2. The number of nitrogens with one attached hydrogen (secondary N) is 2. The van der Waals surface area contributed by atoms with Crippen molar-refractivity contribution in [1.29, 1.82) is 0 Å². The third kappa shape index (κ3) is 4.86. The van der Waals surface area contributed by atoms with Gasteiger partial charge in [0, 0.05) is 47.5 Å². The third-order valence-electron chi connectivity index (χ3n) is 7.61. The van der Waals surface area contributed by atoms with Crippen LogP contribution in [0, 0.1) is 0 Å². The maximum Gasteiger partial charge on any atom is 0.283 e. The molecule has 194 valence electrons. The molecular weight excluding hydrogens is 465 g/mol. The Morgan fingerprint density at radius 2 is 1.83 bits per heavy atom. The minimum Gasteiger partial charge on any atom is -0.390 e. The molecule has 36 heavy (non-hydrogen) atoms. The fourth-order valence-electron chi connectivity index (χ4n) is 5.76. The predicted octanol–water partition coefficient (Wildman–Crippen LogP) is 4.98. The van der Waals surface area contributed by atoms with Crippen LogP contribution in [0.25, 0.3) is 10.9 Å². The van der Waals surface area contributed by atoms with E-state index in [0.29, 0.717) is 18.9 Å². The van der Waals surface area contributed by atoms with E-state index in [2.05, 4.69) is 21.3 Å². The molecule has 0 amide bonds. The van der Waals surface area contributed by atoms with Gasteiger partial charge in [0.05, 0.1) is 25.3 Å². The second-order valence-corrected chi connectivity index (χ2v) is 10.9. The summed E-state index contributed by atoms with van der Waals surface area (Å²) in [5.41, 5.74) is 4.45. The molecule has 1 fully saturated rings. The fraction of sp³-hybridized carbons (Fsp3) is 0.500. The molecule has 5 nitrogen and oxygen atoms in total. The molecule has 1 unspecified atom stereocenters. The van der Waals surface area contributed by atoms with Crippen molar-refractivity contribution in [3.63, 3.8) is 0 Å². The summed E-state index contributed by atoms with van der Waals surface area (Å²) in [6.07, 6.45) is 1.20. The molecule has 2 aliphatic rings. The van der Waals surface area contributed by atoms with Crippen molar-refractivity contribution >= 4 is 16.6 Å². The van der Waals surface area contributed by atoms with Crippen LogP contribution < -0.4 is 5.32 Å². The van der Waals surface area contributed by atoms with E-state index in [-0.39, 0.29) is 6.67 Å². The molecule has 0 radical (unpaired) electrons. The summed E-state index contributed by atoms with van der Waals surface area (Å²) in [5, 5.41) is 14.0. The van der Waals surface area contributed by atoms with Gasteiger partial charge in [-0.25, -0.2) is 8.78 Å². The number of benzene rings is 2. The molecule has 1 aromatic heterocycles. The van der Waals surface area contributed by atoms with Crippen LogP contribution in [0.15, 0.2) is 48.5 Å². The summed E-state index contributed by atoms with van der Waals surface area (Å²) < 4.78 is 41.5. The van der Waals surface area contributed by atoms with Crippen molar-refractivity contribution < 1.29 is 18.3 Å². The van der Waals surface area contributed by atoms with E-state index in [4.69, 9.17) is 0 Å². The third-order valence-corrected chi connectivity index (χ3v) is 7.61. The maximum atomic E-state index is 14.6. The zero-order valence-electron chi connectivity index (χ0n) is 20.9. The van der Waals surface area contributed by atoms with Crippen molar-refractivity contribution in [2.75, 3.05) is 44.8 Å². The molecule has 0 aliphatic carbocycles. The molecule has 1 saturated heterocycles. The molecule has 2 aromatic carbocycles. The number of rotatable bonds is 9. The Kier molecular flexibility index (Phi) is 6.78. The lowest BCUT2D eigenvalue weighted by Crippen LogP contribution is -2.55. The van der Waals surface area contributed by atoms with Crippen molar-refractivity contribution in [3.05, 3.63) is 65.4 Å². The lowest BCUT2D eigenvalue weighted by atomic mass is 9.81. The molecule has 5 rings (SSSR count). The number of fused-ring (bicyclic) bond motifs is 3. The van der Waals surface area contributed by atoms with Crippen LogP contribution >= 0.6 is 0 Å². The summed E-state index contributed by atoms with van der Waals surface area (Å²) in [5.74, 6) is -3.21. The standard InChI is InChI=1S/C28H35F3N4O/c1-27(2)14-23-22-6-3-4-7-24(22)33-25(23)26(35(27)17-28(30,31)18-36)19-8-10-20(11-9-19)32-21-15-34(16-21)13-5-12-29/h3-4,6-11,21,26,32-33,36H,5,12-18H2,1-2H3. The molecule has 3 heterocycles. The Balaban J connectivity index is 1.45. The molecule has 8 heteroatoms. The van der Waals surface area contributed by atoms with Crippen molar-refractivity contribution in [2.45, 2.75) is 50.2 Å². The van der Waals surface area contributed by atoms with Gasteiger partial charge < -0.3 is 15.4 Å². The van der Waals surface area contributed by atoms with Crippen LogP contribution in [0.1, 0.15) is 43.1 Å². The zero-order valence-corrected chi connectivity index (χ0v) is 20.9. The summed E-state index contributed by atoms with van der Waals surface area (Å²) in [6.45, 7) is 4.56.